The van der Waals surface area contributed by atoms with E-state index < -0.39 is 6.17 Å². The predicted molar refractivity (Wildman–Crippen MR) is 167 cm³/mol. The molecule has 0 saturated carbocycles. The summed E-state index contributed by atoms with van der Waals surface area (Å²) >= 11 is 0. The highest BCUT2D eigenvalue weighted by Gasteiger charge is 2.49. The minimum absolute atomic E-state index is 0.0162. The molecule has 6 aliphatic rings. The van der Waals surface area contributed by atoms with Crippen LogP contribution in [0.1, 0.15) is 98.0 Å². The maximum absolute atomic E-state index is 14.6. The molecule has 1 aromatic heterocycles. The van der Waals surface area contributed by atoms with Gasteiger partial charge in [0.05, 0.1) is 11.3 Å². The summed E-state index contributed by atoms with van der Waals surface area (Å²) in [4.78, 5) is 18.3. The molecular weight excluding hydrogens is 537 g/mol. The summed E-state index contributed by atoms with van der Waals surface area (Å²) in [7, 11) is 0. The molecule has 1 spiro atoms. The number of nitrogen functional groups attached to an aromatic ring is 1. The number of benzene rings is 1. The van der Waals surface area contributed by atoms with Gasteiger partial charge in [-0.15, -0.1) is 0 Å². The van der Waals surface area contributed by atoms with Crippen molar-refractivity contribution in [2.75, 3.05) is 49.9 Å². The Kier molecular flexibility index (Phi) is 6.91. The number of nitriles is 1. The lowest BCUT2D eigenvalue weighted by molar-refractivity contribution is 0.138. The molecule has 8 rings (SSSR count). The van der Waals surface area contributed by atoms with Crippen molar-refractivity contribution in [3.05, 3.63) is 45.9 Å². The molecule has 2 aliphatic carbocycles. The van der Waals surface area contributed by atoms with Gasteiger partial charge in [-0.2, -0.15) is 5.26 Å². The number of piperidine rings is 1. The third kappa shape index (κ3) is 4.64. The van der Waals surface area contributed by atoms with Gasteiger partial charge in [0.1, 0.15) is 23.9 Å². The van der Waals surface area contributed by atoms with Crippen LogP contribution in [0.25, 0.3) is 0 Å². The summed E-state index contributed by atoms with van der Waals surface area (Å²) in [5.74, 6) is 2.09. The standard InChI is InChI=1S/C35H46FN7/c36-25-18-35(12-5-17-43(35)21-25)14-10-31-39-30-19-34(11-4-6-24-7-8-29(38)28(20-37)32(24)34)13-9-27(30)33(40-31)42-22-26(23-42)41-15-2-1-3-16-41/h7-8,25-26H,1-6,9-19,21-23,38H2. The summed E-state index contributed by atoms with van der Waals surface area (Å²) in [6, 6.07) is 7.19. The first-order valence-electron chi connectivity index (χ1n) is 17.1. The zero-order valence-electron chi connectivity index (χ0n) is 25.6. The van der Waals surface area contributed by atoms with Crippen LogP contribution in [0.15, 0.2) is 12.1 Å². The molecule has 228 valence electrons. The van der Waals surface area contributed by atoms with Crippen LogP contribution in [0.4, 0.5) is 15.9 Å². The fraction of sp³-hybridized carbons (Fsp3) is 0.686. The average Bonchev–Trinajstić information content (AvgIpc) is 3.52. The van der Waals surface area contributed by atoms with Crippen LogP contribution < -0.4 is 10.6 Å². The van der Waals surface area contributed by atoms with Gasteiger partial charge in [0.2, 0.25) is 0 Å². The SMILES string of the molecule is N#Cc1c(N)ccc2c1C1(CCC2)CCc2c(nc(CCC34CCCN3CC(F)C4)nc2N2CC(N3CCCCC3)C2)C1. The number of hydrogen-bond donors (Lipinski definition) is 1. The van der Waals surface area contributed by atoms with Crippen LogP contribution in [0.5, 0.6) is 0 Å². The number of nitrogens with two attached hydrogens (primary N) is 1. The van der Waals surface area contributed by atoms with E-state index in [4.69, 9.17) is 15.7 Å². The van der Waals surface area contributed by atoms with Gasteiger partial charge >= 0.3 is 0 Å². The van der Waals surface area contributed by atoms with Gasteiger partial charge in [-0.1, -0.05) is 12.5 Å². The lowest BCUT2D eigenvalue weighted by Gasteiger charge is -2.49. The van der Waals surface area contributed by atoms with Gasteiger partial charge in [0, 0.05) is 54.3 Å². The number of fused-ring (bicyclic) bond motifs is 4. The molecule has 3 atom stereocenters. The van der Waals surface area contributed by atoms with Crippen molar-refractivity contribution in [2.24, 2.45) is 0 Å². The molecule has 0 radical (unpaired) electrons. The molecule has 2 N–H and O–H groups in total. The fourth-order valence-corrected chi connectivity index (χ4v) is 9.98. The molecule has 0 bridgehead atoms. The van der Waals surface area contributed by atoms with Crippen LogP contribution in [-0.2, 0) is 31.1 Å². The van der Waals surface area contributed by atoms with Crippen molar-refractivity contribution in [2.45, 2.75) is 113 Å². The molecule has 1 aromatic carbocycles. The Labute approximate surface area is 255 Å². The smallest absolute Gasteiger partial charge is 0.135 e. The van der Waals surface area contributed by atoms with E-state index in [-0.39, 0.29) is 11.0 Å². The normalized spacial score (nSPS) is 31.0. The number of likely N-dealkylation sites (tertiary alicyclic amines) is 1. The lowest BCUT2D eigenvalue weighted by Crippen LogP contribution is -2.61. The Morgan fingerprint density at radius 1 is 0.977 bits per heavy atom. The minimum Gasteiger partial charge on any atom is -0.398 e. The monoisotopic (exact) mass is 583 g/mol. The fourth-order valence-electron chi connectivity index (χ4n) is 9.98. The second-order valence-corrected chi connectivity index (χ2v) is 14.6. The first-order chi connectivity index (χ1) is 21.0. The van der Waals surface area contributed by atoms with E-state index in [2.05, 4.69) is 26.8 Å². The number of hydrogen-bond acceptors (Lipinski definition) is 7. The van der Waals surface area contributed by atoms with Crippen LogP contribution in [0.3, 0.4) is 0 Å². The maximum atomic E-state index is 14.6. The number of rotatable bonds is 5. The molecule has 3 unspecified atom stereocenters. The summed E-state index contributed by atoms with van der Waals surface area (Å²) in [5, 5.41) is 10.2. The second-order valence-electron chi connectivity index (χ2n) is 14.6. The Balaban J connectivity index is 1.13. The quantitative estimate of drug-likeness (QED) is 0.503. The molecule has 2 aromatic rings. The molecule has 0 amide bonds. The zero-order chi connectivity index (χ0) is 29.2. The predicted octanol–water partition coefficient (Wildman–Crippen LogP) is 4.88. The summed E-state index contributed by atoms with van der Waals surface area (Å²) in [6.45, 7) is 6.17. The molecule has 7 nitrogen and oxygen atoms in total. The second kappa shape index (κ2) is 10.7. The maximum Gasteiger partial charge on any atom is 0.135 e. The van der Waals surface area contributed by atoms with Gasteiger partial charge in [-0.05, 0) is 114 Å². The number of alkyl halides is 1. The molecule has 4 fully saturated rings. The number of nitrogens with zero attached hydrogens (tertiary/aromatic N) is 6. The molecule has 5 heterocycles. The third-order valence-corrected chi connectivity index (χ3v) is 12.2. The van der Waals surface area contributed by atoms with E-state index in [1.807, 2.05) is 6.07 Å². The first-order valence-corrected chi connectivity index (χ1v) is 17.1. The largest absolute Gasteiger partial charge is 0.398 e. The van der Waals surface area contributed by atoms with E-state index in [0.29, 0.717) is 30.3 Å². The van der Waals surface area contributed by atoms with E-state index in [1.165, 1.54) is 61.2 Å². The molecular formula is C35H46FN7. The first kappa shape index (κ1) is 27.8. The number of anilines is 2. The Morgan fingerprint density at radius 3 is 2.67 bits per heavy atom. The van der Waals surface area contributed by atoms with Crippen molar-refractivity contribution in [3.8, 4) is 6.07 Å². The number of aromatic nitrogens is 2. The van der Waals surface area contributed by atoms with E-state index in [0.717, 1.165) is 89.1 Å². The van der Waals surface area contributed by atoms with Crippen molar-refractivity contribution >= 4 is 11.5 Å². The summed E-state index contributed by atoms with van der Waals surface area (Å²) in [5.41, 5.74) is 12.6. The van der Waals surface area contributed by atoms with Crippen molar-refractivity contribution in [3.63, 3.8) is 0 Å². The number of halogens is 1. The Morgan fingerprint density at radius 2 is 1.84 bits per heavy atom. The van der Waals surface area contributed by atoms with Crippen LogP contribution in [0.2, 0.25) is 0 Å². The van der Waals surface area contributed by atoms with Gasteiger partial charge < -0.3 is 10.6 Å². The van der Waals surface area contributed by atoms with Gasteiger partial charge in [0.15, 0.2) is 0 Å². The highest BCUT2D eigenvalue weighted by molar-refractivity contribution is 5.64. The Bertz CT molecular complexity index is 1440. The minimum atomic E-state index is -0.707. The van der Waals surface area contributed by atoms with Gasteiger partial charge in [-0.3, -0.25) is 9.80 Å². The van der Waals surface area contributed by atoms with E-state index >= 15 is 0 Å². The van der Waals surface area contributed by atoms with Crippen LogP contribution in [-0.4, -0.2) is 76.8 Å². The van der Waals surface area contributed by atoms with E-state index in [1.54, 1.807) is 0 Å². The zero-order valence-corrected chi connectivity index (χ0v) is 25.6. The summed E-state index contributed by atoms with van der Waals surface area (Å²) < 4.78 is 14.6. The van der Waals surface area contributed by atoms with Gasteiger partial charge in [0.25, 0.3) is 0 Å². The highest BCUT2D eigenvalue weighted by Crippen LogP contribution is 2.50. The topological polar surface area (TPSA) is 85.3 Å². The summed E-state index contributed by atoms with van der Waals surface area (Å²) in [6.07, 6.45) is 14.0. The number of aryl methyl sites for hydroxylation is 2. The Hall–Kier alpha value is -2.76. The average molecular weight is 584 g/mol. The van der Waals surface area contributed by atoms with Crippen molar-refractivity contribution < 1.29 is 4.39 Å². The highest BCUT2D eigenvalue weighted by atomic mass is 19.1. The lowest BCUT2D eigenvalue weighted by atomic mass is 9.61. The molecule has 4 saturated heterocycles. The third-order valence-electron chi connectivity index (χ3n) is 12.2. The molecule has 4 aliphatic heterocycles. The van der Waals surface area contributed by atoms with Crippen molar-refractivity contribution in [1.29, 1.82) is 5.26 Å². The van der Waals surface area contributed by atoms with Gasteiger partial charge in [-0.25, -0.2) is 14.4 Å². The van der Waals surface area contributed by atoms with Crippen LogP contribution in [0, 0.1) is 11.3 Å². The molecule has 8 heteroatoms. The van der Waals surface area contributed by atoms with Crippen LogP contribution >= 0.6 is 0 Å². The van der Waals surface area contributed by atoms with Crippen molar-refractivity contribution in [1.82, 2.24) is 19.8 Å². The van der Waals surface area contributed by atoms with E-state index in [9.17, 15) is 9.65 Å². The molecule has 43 heavy (non-hydrogen) atoms.